The third-order valence-electron chi connectivity index (χ3n) is 3.49. The van der Waals surface area contributed by atoms with Gasteiger partial charge in [-0.3, -0.25) is 0 Å². The van der Waals surface area contributed by atoms with E-state index in [0.717, 1.165) is 31.7 Å². The molecule has 0 amide bonds. The summed E-state index contributed by atoms with van der Waals surface area (Å²) in [4.78, 5) is 0. The second kappa shape index (κ2) is 6.40. The fraction of sp³-hybridized carbons (Fsp3) is 0.625. The first-order valence-electron chi connectivity index (χ1n) is 7.19. The third kappa shape index (κ3) is 4.51. The Morgan fingerprint density at radius 2 is 2.05 bits per heavy atom. The summed E-state index contributed by atoms with van der Waals surface area (Å²) in [7, 11) is 0. The first kappa shape index (κ1) is 14.4. The van der Waals surface area contributed by atoms with Gasteiger partial charge in [-0.1, -0.05) is 19.1 Å². The maximum atomic E-state index is 5.91. The van der Waals surface area contributed by atoms with Gasteiger partial charge in [0.2, 0.25) is 0 Å². The maximum Gasteiger partial charge on any atom is 0.119 e. The van der Waals surface area contributed by atoms with Crippen molar-refractivity contribution in [3.63, 3.8) is 0 Å². The van der Waals surface area contributed by atoms with Crippen molar-refractivity contribution in [3.8, 4) is 5.75 Å². The molecule has 1 heterocycles. The Kier molecular flexibility index (Phi) is 4.83. The summed E-state index contributed by atoms with van der Waals surface area (Å²) in [6.07, 6.45) is 2.44. The SMILES string of the molecule is CCNCc1ccc(OCC2CCC(C)(C)O2)cc1. The van der Waals surface area contributed by atoms with Crippen molar-refractivity contribution in [1.29, 1.82) is 0 Å². The Hall–Kier alpha value is -1.06. The number of nitrogens with one attached hydrogen (secondary N) is 1. The fourth-order valence-corrected chi connectivity index (χ4v) is 2.36. The van der Waals surface area contributed by atoms with E-state index >= 15 is 0 Å². The molecule has 1 atom stereocenters. The highest BCUT2D eigenvalue weighted by atomic mass is 16.6. The summed E-state index contributed by atoms with van der Waals surface area (Å²) in [5, 5.41) is 3.31. The third-order valence-corrected chi connectivity index (χ3v) is 3.49. The molecule has 1 aliphatic heterocycles. The molecule has 0 bridgehead atoms. The normalized spacial score (nSPS) is 21.5. The van der Waals surface area contributed by atoms with Crippen LogP contribution < -0.4 is 10.1 Å². The van der Waals surface area contributed by atoms with E-state index in [1.54, 1.807) is 0 Å². The smallest absolute Gasteiger partial charge is 0.119 e. The van der Waals surface area contributed by atoms with Gasteiger partial charge in [-0.05, 0) is 50.9 Å². The van der Waals surface area contributed by atoms with E-state index in [0.29, 0.717) is 6.61 Å². The average molecular weight is 263 g/mol. The number of hydrogen-bond donors (Lipinski definition) is 1. The van der Waals surface area contributed by atoms with Crippen molar-refractivity contribution in [2.75, 3.05) is 13.2 Å². The summed E-state index contributed by atoms with van der Waals surface area (Å²) in [6, 6.07) is 8.29. The zero-order chi connectivity index (χ0) is 13.7. The van der Waals surface area contributed by atoms with Gasteiger partial charge >= 0.3 is 0 Å². The van der Waals surface area contributed by atoms with E-state index in [9.17, 15) is 0 Å². The van der Waals surface area contributed by atoms with Crippen LogP contribution in [0.3, 0.4) is 0 Å². The molecule has 1 saturated heterocycles. The van der Waals surface area contributed by atoms with Crippen molar-refractivity contribution < 1.29 is 9.47 Å². The molecule has 0 radical (unpaired) electrons. The molecule has 3 nitrogen and oxygen atoms in total. The molecule has 0 spiro atoms. The van der Waals surface area contributed by atoms with Crippen LogP contribution in [-0.4, -0.2) is 24.9 Å². The molecule has 1 aromatic rings. The van der Waals surface area contributed by atoms with Gasteiger partial charge in [0.1, 0.15) is 12.4 Å². The second-order valence-corrected chi connectivity index (χ2v) is 5.77. The highest BCUT2D eigenvalue weighted by Gasteiger charge is 2.31. The van der Waals surface area contributed by atoms with Crippen LogP contribution in [0.15, 0.2) is 24.3 Å². The molecular formula is C16H25NO2. The quantitative estimate of drug-likeness (QED) is 0.855. The largest absolute Gasteiger partial charge is 0.491 e. The standard InChI is InChI=1S/C16H25NO2/c1-4-17-11-13-5-7-14(8-6-13)18-12-15-9-10-16(2,3)19-15/h5-8,15,17H,4,9-12H2,1-3H3. The Morgan fingerprint density at radius 3 is 2.63 bits per heavy atom. The van der Waals surface area contributed by atoms with Gasteiger partial charge in [0, 0.05) is 6.54 Å². The average Bonchev–Trinajstić information content (AvgIpc) is 2.75. The molecule has 2 rings (SSSR count). The van der Waals surface area contributed by atoms with Crippen LogP contribution in [0.1, 0.15) is 39.2 Å². The van der Waals surface area contributed by atoms with Gasteiger partial charge in [-0.15, -0.1) is 0 Å². The lowest BCUT2D eigenvalue weighted by Gasteiger charge is -2.19. The van der Waals surface area contributed by atoms with E-state index in [2.05, 4.69) is 38.2 Å². The van der Waals surface area contributed by atoms with Gasteiger partial charge in [0.05, 0.1) is 11.7 Å². The molecule has 1 aromatic carbocycles. The fourth-order valence-electron chi connectivity index (χ4n) is 2.36. The van der Waals surface area contributed by atoms with Crippen molar-refractivity contribution >= 4 is 0 Å². The van der Waals surface area contributed by atoms with E-state index in [1.807, 2.05) is 12.1 Å². The Bertz CT molecular complexity index is 386. The minimum Gasteiger partial charge on any atom is -0.491 e. The lowest BCUT2D eigenvalue weighted by Crippen LogP contribution is -2.23. The molecule has 3 heteroatoms. The molecule has 0 aliphatic carbocycles. The summed E-state index contributed by atoms with van der Waals surface area (Å²) in [6.45, 7) is 8.95. The first-order valence-corrected chi connectivity index (χ1v) is 7.19. The first-order chi connectivity index (χ1) is 9.09. The topological polar surface area (TPSA) is 30.5 Å². The van der Waals surface area contributed by atoms with Crippen LogP contribution >= 0.6 is 0 Å². The summed E-state index contributed by atoms with van der Waals surface area (Å²) < 4.78 is 11.7. The number of ether oxygens (including phenoxy) is 2. The van der Waals surface area contributed by atoms with Crippen LogP contribution in [0.5, 0.6) is 5.75 Å². The highest BCUT2D eigenvalue weighted by Crippen LogP contribution is 2.29. The van der Waals surface area contributed by atoms with Gasteiger partial charge in [0.15, 0.2) is 0 Å². The van der Waals surface area contributed by atoms with Gasteiger partial charge < -0.3 is 14.8 Å². The molecule has 0 aromatic heterocycles. The summed E-state index contributed by atoms with van der Waals surface area (Å²) in [5.74, 6) is 0.925. The highest BCUT2D eigenvalue weighted by molar-refractivity contribution is 5.27. The Balaban J connectivity index is 1.77. The van der Waals surface area contributed by atoms with Gasteiger partial charge in [-0.25, -0.2) is 0 Å². The van der Waals surface area contributed by atoms with Gasteiger partial charge in [-0.2, -0.15) is 0 Å². The van der Waals surface area contributed by atoms with E-state index in [-0.39, 0.29) is 11.7 Å². The second-order valence-electron chi connectivity index (χ2n) is 5.77. The Morgan fingerprint density at radius 1 is 1.32 bits per heavy atom. The summed E-state index contributed by atoms with van der Waals surface area (Å²) >= 11 is 0. The molecule has 1 N–H and O–H groups in total. The predicted molar refractivity (Wildman–Crippen MR) is 77.5 cm³/mol. The molecule has 1 fully saturated rings. The van der Waals surface area contributed by atoms with Crippen molar-refractivity contribution in [2.24, 2.45) is 0 Å². The minimum atomic E-state index is 0.0176. The number of hydrogen-bond acceptors (Lipinski definition) is 3. The van der Waals surface area contributed by atoms with Crippen molar-refractivity contribution in [2.45, 2.75) is 51.9 Å². The molecular weight excluding hydrogens is 238 g/mol. The molecule has 1 unspecified atom stereocenters. The zero-order valence-corrected chi connectivity index (χ0v) is 12.2. The van der Waals surface area contributed by atoms with E-state index in [1.165, 1.54) is 5.56 Å². The predicted octanol–water partition coefficient (Wildman–Crippen LogP) is 3.13. The maximum absolute atomic E-state index is 5.91. The lowest BCUT2D eigenvalue weighted by molar-refractivity contribution is -0.0326. The molecule has 19 heavy (non-hydrogen) atoms. The van der Waals surface area contributed by atoms with E-state index in [4.69, 9.17) is 9.47 Å². The Labute approximate surface area is 116 Å². The zero-order valence-electron chi connectivity index (χ0n) is 12.2. The van der Waals surface area contributed by atoms with Crippen molar-refractivity contribution in [3.05, 3.63) is 29.8 Å². The number of benzene rings is 1. The summed E-state index contributed by atoms with van der Waals surface area (Å²) in [5.41, 5.74) is 1.30. The van der Waals surface area contributed by atoms with Crippen LogP contribution in [-0.2, 0) is 11.3 Å². The monoisotopic (exact) mass is 263 g/mol. The van der Waals surface area contributed by atoms with E-state index < -0.39 is 0 Å². The number of rotatable bonds is 6. The van der Waals surface area contributed by atoms with Crippen LogP contribution in [0.4, 0.5) is 0 Å². The molecule has 106 valence electrons. The molecule has 1 aliphatic rings. The van der Waals surface area contributed by atoms with Crippen LogP contribution in [0.2, 0.25) is 0 Å². The van der Waals surface area contributed by atoms with Crippen LogP contribution in [0, 0.1) is 0 Å². The van der Waals surface area contributed by atoms with Crippen molar-refractivity contribution in [1.82, 2.24) is 5.32 Å². The van der Waals surface area contributed by atoms with Crippen LogP contribution in [0.25, 0.3) is 0 Å². The molecule has 0 saturated carbocycles. The van der Waals surface area contributed by atoms with Gasteiger partial charge in [0.25, 0.3) is 0 Å². The minimum absolute atomic E-state index is 0.0176. The lowest BCUT2D eigenvalue weighted by atomic mass is 10.1.